The highest BCUT2D eigenvalue weighted by molar-refractivity contribution is 6.28. The molecule has 0 atom stereocenters. The highest BCUT2D eigenvalue weighted by Gasteiger charge is 2.16. The van der Waals surface area contributed by atoms with Gasteiger partial charge in [-0.05, 0) is 17.7 Å². The van der Waals surface area contributed by atoms with E-state index in [1.165, 1.54) is 6.33 Å². The maximum atomic E-state index is 5.97. The molecule has 110 valence electrons. The zero-order valence-electron chi connectivity index (χ0n) is 11.2. The lowest BCUT2D eigenvalue weighted by Gasteiger charge is -2.26. The normalized spacial score (nSPS) is 15.0. The molecular formula is C12H14ClN7O. The second kappa shape index (κ2) is 6.59. The summed E-state index contributed by atoms with van der Waals surface area (Å²) >= 11 is 5.97. The van der Waals surface area contributed by atoms with Crippen molar-refractivity contribution in [3.8, 4) is 0 Å². The lowest BCUT2D eigenvalue weighted by Crippen LogP contribution is -2.37. The van der Waals surface area contributed by atoms with E-state index >= 15 is 0 Å². The van der Waals surface area contributed by atoms with Gasteiger partial charge in [0.05, 0.1) is 25.5 Å². The number of hydrogen-bond acceptors (Lipinski definition) is 8. The molecule has 1 saturated heterocycles. The fourth-order valence-electron chi connectivity index (χ4n) is 1.92. The number of anilines is 2. The van der Waals surface area contributed by atoms with Crippen molar-refractivity contribution in [2.45, 2.75) is 6.54 Å². The second-order valence-electron chi connectivity index (χ2n) is 4.38. The molecule has 0 unspecified atom stereocenters. The summed E-state index contributed by atoms with van der Waals surface area (Å²) in [5.74, 6) is 0.985. The van der Waals surface area contributed by atoms with Crippen molar-refractivity contribution in [3.05, 3.63) is 29.6 Å². The number of rotatable bonds is 4. The van der Waals surface area contributed by atoms with E-state index in [4.69, 9.17) is 16.3 Å². The average Bonchev–Trinajstić information content (AvgIpc) is 2.54. The van der Waals surface area contributed by atoms with Gasteiger partial charge in [-0.25, -0.2) is 9.97 Å². The van der Waals surface area contributed by atoms with Crippen molar-refractivity contribution in [3.63, 3.8) is 0 Å². The maximum Gasteiger partial charge on any atom is 0.231 e. The van der Waals surface area contributed by atoms with Crippen LogP contribution in [0, 0.1) is 0 Å². The number of hydrogen-bond donors (Lipinski definition) is 1. The van der Waals surface area contributed by atoms with E-state index in [-0.39, 0.29) is 5.28 Å². The van der Waals surface area contributed by atoms with Crippen LogP contribution < -0.4 is 10.2 Å². The summed E-state index contributed by atoms with van der Waals surface area (Å²) in [5, 5.41) is 3.25. The third kappa shape index (κ3) is 3.73. The molecule has 1 N–H and O–H groups in total. The summed E-state index contributed by atoms with van der Waals surface area (Å²) in [6.07, 6.45) is 3.18. The number of aromatic nitrogens is 5. The van der Waals surface area contributed by atoms with Crippen LogP contribution >= 0.6 is 11.6 Å². The molecule has 1 fully saturated rings. The Morgan fingerprint density at radius 2 is 2.10 bits per heavy atom. The molecule has 3 rings (SSSR count). The van der Waals surface area contributed by atoms with Crippen LogP contribution in [0.2, 0.25) is 5.28 Å². The predicted molar refractivity (Wildman–Crippen MR) is 77.2 cm³/mol. The molecule has 2 aromatic rings. The molecule has 0 bridgehead atoms. The van der Waals surface area contributed by atoms with E-state index in [9.17, 15) is 0 Å². The molecule has 0 aliphatic carbocycles. The third-order valence-electron chi connectivity index (χ3n) is 2.96. The fourth-order valence-corrected chi connectivity index (χ4v) is 2.07. The molecule has 0 amide bonds. The molecule has 8 nitrogen and oxygen atoms in total. The van der Waals surface area contributed by atoms with Gasteiger partial charge in [0.1, 0.15) is 6.33 Å². The Labute approximate surface area is 126 Å². The van der Waals surface area contributed by atoms with Gasteiger partial charge in [0.15, 0.2) is 0 Å². The maximum absolute atomic E-state index is 5.97. The molecule has 1 aliphatic rings. The standard InChI is InChI=1S/C12H14ClN7O/c13-10-17-11(15-7-9-1-2-14-8-16-9)19-12(18-10)20-3-5-21-6-4-20/h1-2,8H,3-7H2,(H,15,17,18,19). The van der Waals surface area contributed by atoms with Gasteiger partial charge in [-0.1, -0.05) is 0 Å². The van der Waals surface area contributed by atoms with Gasteiger partial charge in [-0.2, -0.15) is 15.0 Å². The van der Waals surface area contributed by atoms with Crippen LogP contribution in [0.3, 0.4) is 0 Å². The Bertz CT molecular complexity index is 591. The zero-order chi connectivity index (χ0) is 14.5. The lowest BCUT2D eigenvalue weighted by atomic mass is 10.4. The largest absolute Gasteiger partial charge is 0.378 e. The van der Waals surface area contributed by atoms with Crippen molar-refractivity contribution in [1.29, 1.82) is 0 Å². The summed E-state index contributed by atoms with van der Waals surface area (Å²) in [6.45, 7) is 3.29. The summed E-state index contributed by atoms with van der Waals surface area (Å²) in [7, 11) is 0. The van der Waals surface area contributed by atoms with Crippen LogP contribution in [0.1, 0.15) is 5.69 Å². The number of ether oxygens (including phenoxy) is 1. The molecule has 0 aromatic carbocycles. The first kappa shape index (κ1) is 13.9. The predicted octanol–water partition coefficient (Wildman–Crippen LogP) is 0.764. The van der Waals surface area contributed by atoms with Crippen LogP contribution in [0.4, 0.5) is 11.9 Å². The van der Waals surface area contributed by atoms with Gasteiger partial charge < -0.3 is 15.0 Å². The van der Waals surface area contributed by atoms with Gasteiger partial charge in [0, 0.05) is 19.3 Å². The summed E-state index contributed by atoms with van der Waals surface area (Å²) in [6, 6.07) is 1.82. The van der Waals surface area contributed by atoms with E-state index in [2.05, 4.69) is 30.2 Å². The summed E-state index contributed by atoms with van der Waals surface area (Å²) < 4.78 is 5.31. The first-order valence-corrected chi connectivity index (χ1v) is 6.92. The molecule has 3 heterocycles. The summed E-state index contributed by atoms with van der Waals surface area (Å²) in [4.78, 5) is 22.6. The van der Waals surface area contributed by atoms with Crippen molar-refractivity contribution in [2.24, 2.45) is 0 Å². The molecule has 0 spiro atoms. The molecule has 2 aromatic heterocycles. The minimum absolute atomic E-state index is 0.164. The van der Waals surface area contributed by atoms with E-state index in [1.54, 1.807) is 6.20 Å². The lowest BCUT2D eigenvalue weighted by molar-refractivity contribution is 0.122. The van der Waals surface area contributed by atoms with E-state index in [1.807, 2.05) is 11.0 Å². The zero-order valence-corrected chi connectivity index (χ0v) is 12.0. The monoisotopic (exact) mass is 307 g/mol. The summed E-state index contributed by atoms with van der Waals surface area (Å²) in [5.41, 5.74) is 0.842. The van der Waals surface area contributed by atoms with E-state index in [0.29, 0.717) is 31.7 Å². The second-order valence-corrected chi connectivity index (χ2v) is 4.72. The first-order chi connectivity index (χ1) is 10.3. The van der Waals surface area contributed by atoms with Crippen molar-refractivity contribution >= 4 is 23.5 Å². The van der Waals surface area contributed by atoms with Gasteiger partial charge in [0.2, 0.25) is 17.2 Å². The van der Waals surface area contributed by atoms with Gasteiger partial charge in [-0.15, -0.1) is 0 Å². The number of morpholine rings is 1. The van der Waals surface area contributed by atoms with Crippen LogP contribution in [0.25, 0.3) is 0 Å². The minimum atomic E-state index is 0.164. The molecule has 9 heteroatoms. The number of halogens is 1. The Hall–Kier alpha value is -2.06. The van der Waals surface area contributed by atoms with Crippen LogP contribution in [-0.4, -0.2) is 51.2 Å². The topological polar surface area (TPSA) is 89.0 Å². The fraction of sp³-hybridized carbons (Fsp3) is 0.417. The minimum Gasteiger partial charge on any atom is -0.378 e. The molecule has 21 heavy (non-hydrogen) atoms. The smallest absolute Gasteiger partial charge is 0.231 e. The van der Waals surface area contributed by atoms with Gasteiger partial charge >= 0.3 is 0 Å². The third-order valence-corrected chi connectivity index (χ3v) is 3.13. The Morgan fingerprint density at radius 3 is 2.86 bits per heavy atom. The van der Waals surface area contributed by atoms with Gasteiger partial charge in [-0.3, -0.25) is 0 Å². The molecule has 1 aliphatic heterocycles. The average molecular weight is 308 g/mol. The number of nitrogens with one attached hydrogen (secondary N) is 1. The quantitative estimate of drug-likeness (QED) is 0.885. The Morgan fingerprint density at radius 1 is 1.24 bits per heavy atom. The highest BCUT2D eigenvalue weighted by atomic mass is 35.5. The number of nitrogens with zero attached hydrogens (tertiary/aromatic N) is 6. The van der Waals surface area contributed by atoms with Crippen molar-refractivity contribution in [2.75, 3.05) is 36.5 Å². The van der Waals surface area contributed by atoms with Crippen molar-refractivity contribution in [1.82, 2.24) is 24.9 Å². The van der Waals surface area contributed by atoms with E-state index < -0.39 is 0 Å². The van der Waals surface area contributed by atoms with Crippen molar-refractivity contribution < 1.29 is 4.74 Å². The Kier molecular flexibility index (Phi) is 4.37. The Balaban J connectivity index is 1.71. The molecule has 0 radical (unpaired) electrons. The van der Waals surface area contributed by atoms with Gasteiger partial charge in [0.25, 0.3) is 0 Å². The molecular weight excluding hydrogens is 294 g/mol. The highest BCUT2D eigenvalue weighted by Crippen LogP contribution is 2.15. The van der Waals surface area contributed by atoms with Crippen LogP contribution in [0.5, 0.6) is 0 Å². The SMILES string of the molecule is Clc1nc(NCc2ccncn2)nc(N2CCOCC2)n1. The van der Waals surface area contributed by atoms with E-state index in [0.717, 1.165) is 18.8 Å². The van der Waals surface area contributed by atoms with Crippen LogP contribution in [-0.2, 0) is 11.3 Å². The first-order valence-electron chi connectivity index (χ1n) is 6.54. The molecule has 0 saturated carbocycles. The van der Waals surface area contributed by atoms with Crippen LogP contribution in [0.15, 0.2) is 18.6 Å².